The molecule has 0 aliphatic carbocycles. The molecule has 2 aromatic carbocycles. The minimum atomic E-state index is -0.287. The summed E-state index contributed by atoms with van der Waals surface area (Å²) in [7, 11) is 0. The first-order valence-corrected chi connectivity index (χ1v) is 8.87. The molecule has 0 bridgehead atoms. The molecule has 26 heavy (non-hydrogen) atoms. The molecule has 4 aromatic rings. The van der Waals surface area contributed by atoms with E-state index in [-0.39, 0.29) is 5.82 Å². The Morgan fingerprint density at radius 2 is 2.08 bits per heavy atom. The van der Waals surface area contributed by atoms with Gasteiger partial charge in [-0.05, 0) is 55.8 Å². The monoisotopic (exact) mass is 350 g/mol. The number of halogens is 1. The lowest BCUT2D eigenvalue weighted by molar-refractivity contribution is 0.480. The van der Waals surface area contributed by atoms with Gasteiger partial charge in [-0.1, -0.05) is 0 Å². The van der Waals surface area contributed by atoms with Crippen LogP contribution in [0.4, 0.5) is 10.1 Å². The minimum absolute atomic E-state index is 0.287. The van der Waals surface area contributed by atoms with Crippen molar-refractivity contribution in [3.63, 3.8) is 0 Å². The SMILES string of the molecule is Fc1ccc2c(-c3nc4ccc(NC5CCCNC5)cc4[nH]3)n[nH]c2c1. The van der Waals surface area contributed by atoms with Gasteiger partial charge in [0, 0.05) is 23.7 Å². The first kappa shape index (κ1) is 15.3. The van der Waals surface area contributed by atoms with Gasteiger partial charge in [-0.25, -0.2) is 9.37 Å². The summed E-state index contributed by atoms with van der Waals surface area (Å²) in [4.78, 5) is 7.98. The lowest BCUT2D eigenvalue weighted by atomic mass is 10.1. The average Bonchev–Trinajstić information content (AvgIpc) is 3.25. The van der Waals surface area contributed by atoms with Gasteiger partial charge in [0.1, 0.15) is 11.5 Å². The maximum atomic E-state index is 13.4. The highest BCUT2D eigenvalue weighted by atomic mass is 19.1. The zero-order valence-electron chi connectivity index (χ0n) is 14.1. The van der Waals surface area contributed by atoms with Gasteiger partial charge >= 0.3 is 0 Å². The molecule has 1 aliphatic heterocycles. The smallest absolute Gasteiger partial charge is 0.159 e. The number of hydrogen-bond acceptors (Lipinski definition) is 4. The van der Waals surface area contributed by atoms with Gasteiger partial charge in [-0.3, -0.25) is 5.10 Å². The maximum absolute atomic E-state index is 13.4. The number of fused-ring (bicyclic) bond motifs is 2. The summed E-state index contributed by atoms with van der Waals surface area (Å²) in [6.07, 6.45) is 2.37. The van der Waals surface area contributed by atoms with E-state index < -0.39 is 0 Å². The number of anilines is 1. The van der Waals surface area contributed by atoms with E-state index in [1.807, 2.05) is 6.07 Å². The number of aromatic amines is 2. The van der Waals surface area contributed by atoms with E-state index in [0.29, 0.717) is 23.1 Å². The van der Waals surface area contributed by atoms with Gasteiger partial charge in [0.25, 0.3) is 0 Å². The Balaban J connectivity index is 1.49. The van der Waals surface area contributed by atoms with E-state index in [0.717, 1.165) is 35.2 Å². The number of nitrogens with one attached hydrogen (secondary N) is 4. The fourth-order valence-corrected chi connectivity index (χ4v) is 3.59. The van der Waals surface area contributed by atoms with Crippen molar-refractivity contribution in [3.05, 3.63) is 42.2 Å². The normalized spacial score (nSPS) is 17.8. The number of nitrogens with zero attached hydrogens (tertiary/aromatic N) is 2. The summed E-state index contributed by atoms with van der Waals surface area (Å²) >= 11 is 0. The van der Waals surface area contributed by atoms with Gasteiger partial charge < -0.3 is 15.6 Å². The third-order valence-electron chi connectivity index (χ3n) is 4.90. The largest absolute Gasteiger partial charge is 0.381 e. The van der Waals surface area contributed by atoms with E-state index in [9.17, 15) is 4.39 Å². The molecule has 1 aliphatic rings. The predicted octanol–water partition coefficient (Wildman–Crippen LogP) is 3.41. The van der Waals surface area contributed by atoms with Crippen molar-refractivity contribution in [2.24, 2.45) is 0 Å². The van der Waals surface area contributed by atoms with Crippen molar-refractivity contribution in [1.29, 1.82) is 0 Å². The number of H-pyrrole nitrogens is 2. The molecular weight excluding hydrogens is 331 g/mol. The number of rotatable bonds is 3. The van der Waals surface area contributed by atoms with Crippen LogP contribution in [0.25, 0.3) is 33.5 Å². The van der Waals surface area contributed by atoms with E-state index in [2.05, 4.69) is 42.9 Å². The molecule has 5 rings (SSSR count). The molecule has 1 atom stereocenters. The Bertz CT molecular complexity index is 1080. The first-order chi connectivity index (χ1) is 12.8. The summed E-state index contributed by atoms with van der Waals surface area (Å²) in [5, 5.41) is 15.0. The third kappa shape index (κ3) is 2.70. The van der Waals surface area contributed by atoms with Gasteiger partial charge in [-0.15, -0.1) is 0 Å². The highest BCUT2D eigenvalue weighted by Gasteiger charge is 2.15. The lowest BCUT2D eigenvalue weighted by Gasteiger charge is -2.24. The highest BCUT2D eigenvalue weighted by Crippen LogP contribution is 2.27. The van der Waals surface area contributed by atoms with Crippen molar-refractivity contribution in [1.82, 2.24) is 25.5 Å². The van der Waals surface area contributed by atoms with E-state index in [1.165, 1.54) is 25.0 Å². The number of piperidine rings is 1. The van der Waals surface area contributed by atoms with Crippen LogP contribution in [0.15, 0.2) is 36.4 Å². The Hall–Kier alpha value is -2.93. The summed E-state index contributed by atoms with van der Waals surface area (Å²) < 4.78 is 13.4. The van der Waals surface area contributed by atoms with Crippen LogP contribution in [-0.2, 0) is 0 Å². The molecule has 2 aromatic heterocycles. The highest BCUT2D eigenvalue weighted by molar-refractivity contribution is 5.93. The van der Waals surface area contributed by atoms with Crippen LogP contribution < -0.4 is 10.6 Å². The number of imidazole rings is 1. The molecule has 0 radical (unpaired) electrons. The Morgan fingerprint density at radius 3 is 2.96 bits per heavy atom. The summed E-state index contributed by atoms with van der Waals surface area (Å²) in [5.74, 6) is 0.388. The lowest BCUT2D eigenvalue weighted by Crippen LogP contribution is -2.38. The molecule has 1 unspecified atom stereocenters. The van der Waals surface area contributed by atoms with Crippen molar-refractivity contribution < 1.29 is 4.39 Å². The molecule has 1 fully saturated rings. The molecule has 1 saturated heterocycles. The van der Waals surface area contributed by atoms with Crippen LogP contribution in [0.1, 0.15) is 12.8 Å². The second kappa shape index (κ2) is 6.10. The second-order valence-corrected chi connectivity index (χ2v) is 6.77. The van der Waals surface area contributed by atoms with Crippen LogP contribution in [0.5, 0.6) is 0 Å². The van der Waals surface area contributed by atoms with Crippen LogP contribution in [0.3, 0.4) is 0 Å². The third-order valence-corrected chi connectivity index (χ3v) is 4.90. The molecule has 6 nitrogen and oxygen atoms in total. The van der Waals surface area contributed by atoms with Crippen molar-refractivity contribution in [2.75, 3.05) is 18.4 Å². The first-order valence-electron chi connectivity index (χ1n) is 8.87. The molecule has 0 saturated carbocycles. The molecule has 132 valence electrons. The van der Waals surface area contributed by atoms with E-state index in [4.69, 9.17) is 0 Å². The fourth-order valence-electron chi connectivity index (χ4n) is 3.59. The zero-order valence-corrected chi connectivity index (χ0v) is 14.1. The summed E-state index contributed by atoms with van der Waals surface area (Å²) in [6.45, 7) is 2.09. The van der Waals surface area contributed by atoms with Crippen molar-refractivity contribution in [3.8, 4) is 11.5 Å². The Kier molecular flexibility index (Phi) is 3.60. The summed E-state index contributed by atoms with van der Waals surface area (Å²) in [5.41, 5.74) is 4.27. The molecule has 7 heteroatoms. The molecule has 3 heterocycles. The topological polar surface area (TPSA) is 81.4 Å². The number of benzene rings is 2. The predicted molar refractivity (Wildman–Crippen MR) is 101 cm³/mol. The standard InChI is InChI=1S/C19H19FN6/c20-11-3-5-14-16(8-11)25-26-18(14)19-23-15-6-4-12(9-17(15)24-19)22-13-2-1-7-21-10-13/h3-6,8-9,13,21-22H,1-2,7,10H2,(H,23,24)(H,25,26). The molecule has 0 amide bonds. The number of hydrogen-bond donors (Lipinski definition) is 4. The fraction of sp³-hybridized carbons (Fsp3) is 0.263. The van der Waals surface area contributed by atoms with Crippen LogP contribution in [-0.4, -0.2) is 39.3 Å². The quantitative estimate of drug-likeness (QED) is 0.456. The minimum Gasteiger partial charge on any atom is -0.381 e. The van der Waals surface area contributed by atoms with Crippen molar-refractivity contribution in [2.45, 2.75) is 18.9 Å². The Labute approximate surface area is 149 Å². The van der Waals surface area contributed by atoms with Crippen LogP contribution in [0.2, 0.25) is 0 Å². The van der Waals surface area contributed by atoms with E-state index >= 15 is 0 Å². The Morgan fingerprint density at radius 1 is 1.12 bits per heavy atom. The second-order valence-electron chi connectivity index (χ2n) is 6.77. The maximum Gasteiger partial charge on any atom is 0.159 e. The average molecular weight is 350 g/mol. The molecule has 0 spiro atoms. The van der Waals surface area contributed by atoms with Gasteiger partial charge in [0.15, 0.2) is 5.82 Å². The number of aromatic nitrogens is 4. The van der Waals surface area contributed by atoms with Gasteiger partial charge in [0.05, 0.1) is 16.6 Å². The van der Waals surface area contributed by atoms with Crippen LogP contribution in [0, 0.1) is 5.82 Å². The van der Waals surface area contributed by atoms with Crippen LogP contribution >= 0.6 is 0 Å². The van der Waals surface area contributed by atoms with Gasteiger partial charge in [0.2, 0.25) is 0 Å². The van der Waals surface area contributed by atoms with E-state index in [1.54, 1.807) is 6.07 Å². The summed E-state index contributed by atoms with van der Waals surface area (Å²) in [6, 6.07) is 11.2. The van der Waals surface area contributed by atoms with Crippen molar-refractivity contribution >= 4 is 27.6 Å². The van der Waals surface area contributed by atoms with Gasteiger partial charge in [-0.2, -0.15) is 5.10 Å². The molecule has 4 N–H and O–H groups in total. The molecular formula is C19H19FN6. The zero-order chi connectivity index (χ0) is 17.5.